The molecule has 1 N–H and O–H groups in total. The van der Waals surface area contributed by atoms with E-state index in [2.05, 4.69) is 11.9 Å². The van der Waals surface area contributed by atoms with Gasteiger partial charge in [0.1, 0.15) is 0 Å². The number of amides is 1. The molecular formula is C8H13NO3S. The van der Waals surface area contributed by atoms with Crippen LogP contribution in [0, 0.1) is 5.92 Å². The monoisotopic (exact) mass is 203 g/mol. The maximum Gasteiger partial charge on any atom is 0.243 e. The van der Waals surface area contributed by atoms with Crippen molar-refractivity contribution in [1.29, 1.82) is 0 Å². The summed E-state index contributed by atoms with van der Waals surface area (Å²) in [4.78, 5) is 10.8. The molecule has 0 aliphatic carbocycles. The van der Waals surface area contributed by atoms with Crippen molar-refractivity contribution in [3.05, 3.63) is 12.7 Å². The van der Waals surface area contributed by atoms with Crippen molar-refractivity contribution in [1.82, 2.24) is 5.32 Å². The molecule has 0 aromatic heterocycles. The van der Waals surface area contributed by atoms with Gasteiger partial charge in [0, 0.05) is 6.54 Å². The van der Waals surface area contributed by atoms with Gasteiger partial charge in [-0.15, -0.1) is 0 Å². The first kappa shape index (κ1) is 10.2. The Morgan fingerprint density at radius 1 is 1.62 bits per heavy atom. The summed E-state index contributed by atoms with van der Waals surface area (Å²) in [5, 5.41) is 2.59. The molecule has 74 valence electrons. The van der Waals surface area contributed by atoms with Gasteiger partial charge in [-0.2, -0.15) is 0 Å². The van der Waals surface area contributed by atoms with Gasteiger partial charge in [0.05, 0.1) is 11.5 Å². The Bertz CT molecular complexity index is 307. The molecule has 0 aromatic carbocycles. The van der Waals surface area contributed by atoms with Crippen LogP contribution in [0.4, 0.5) is 0 Å². The first-order chi connectivity index (χ1) is 6.03. The number of rotatable bonds is 3. The van der Waals surface area contributed by atoms with E-state index >= 15 is 0 Å². The van der Waals surface area contributed by atoms with E-state index in [1.807, 2.05) is 0 Å². The Balaban J connectivity index is 2.33. The quantitative estimate of drug-likeness (QED) is 0.642. The van der Waals surface area contributed by atoms with E-state index in [4.69, 9.17) is 0 Å². The van der Waals surface area contributed by atoms with Gasteiger partial charge in [-0.05, 0) is 18.4 Å². The first-order valence-electron chi connectivity index (χ1n) is 4.14. The second-order valence-corrected chi connectivity index (χ2v) is 5.45. The summed E-state index contributed by atoms with van der Waals surface area (Å²) in [6, 6.07) is 0. The van der Waals surface area contributed by atoms with Crippen LogP contribution in [0.5, 0.6) is 0 Å². The van der Waals surface area contributed by atoms with Crippen molar-refractivity contribution in [2.45, 2.75) is 6.42 Å². The molecule has 4 nitrogen and oxygen atoms in total. The van der Waals surface area contributed by atoms with Crippen LogP contribution in [-0.4, -0.2) is 32.4 Å². The zero-order chi connectivity index (χ0) is 9.90. The van der Waals surface area contributed by atoms with Gasteiger partial charge < -0.3 is 5.32 Å². The van der Waals surface area contributed by atoms with Crippen LogP contribution in [0.25, 0.3) is 0 Å². The van der Waals surface area contributed by atoms with Crippen LogP contribution in [-0.2, 0) is 14.6 Å². The second-order valence-electron chi connectivity index (χ2n) is 3.22. The summed E-state index contributed by atoms with van der Waals surface area (Å²) in [6.07, 6.45) is 1.84. The van der Waals surface area contributed by atoms with E-state index in [1.54, 1.807) is 0 Å². The van der Waals surface area contributed by atoms with Crippen LogP contribution >= 0.6 is 0 Å². The van der Waals surface area contributed by atoms with Crippen LogP contribution < -0.4 is 5.32 Å². The molecule has 1 heterocycles. The number of sulfone groups is 1. The summed E-state index contributed by atoms with van der Waals surface area (Å²) < 4.78 is 22.0. The molecule has 1 atom stereocenters. The van der Waals surface area contributed by atoms with Crippen LogP contribution in [0.3, 0.4) is 0 Å². The molecule has 0 bridgehead atoms. The summed E-state index contributed by atoms with van der Waals surface area (Å²) >= 11 is 0. The van der Waals surface area contributed by atoms with Crippen LogP contribution in [0.1, 0.15) is 6.42 Å². The molecule has 1 aliphatic rings. The third-order valence-corrected chi connectivity index (χ3v) is 3.91. The molecule has 1 rings (SSSR count). The highest BCUT2D eigenvalue weighted by Gasteiger charge is 2.27. The Kier molecular flexibility index (Phi) is 3.08. The molecular weight excluding hydrogens is 190 g/mol. The maximum absolute atomic E-state index is 11.0. The number of carbonyl (C=O) groups is 1. The second kappa shape index (κ2) is 3.91. The van der Waals surface area contributed by atoms with Gasteiger partial charge in [0.2, 0.25) is 5.91 Å². The van der Waals surface area contributed by atoms with E-state index < -0.39 is 9.84 Å². The fraction of sp³-hybridized carbons (Fsp3) is 0.625. The molecule has 13 heavy (non-hydrogen) atoms. The fourth-order valence-electron chi connectivity index (χ4n) is 1.35. The van der Waals surface area contributed by atoms with Crippen LogP contribution in [0.2, 0.25) is 0 Å². The van der Waals surface area contributed by atoms with Crippen LogP contribution in [0.15, 0.2) is 12.7 Å². The normalized spacial score (nSPS) is 25.4. The van der Waals surface area contributed by atoms with Gasteiger partial charge in [-0.1, -0.05) is 6.58 Å². The summed E-state index contributed by atoms with van der Waals surface area (Å²) in [7, 11) is -2.83. The number of nitrogens with one attached hydrogen (secondary N) is 1. The lowest BCUT2D eigenvalue weighted by molar-refractivity contribution is -0.116. The van der Waals surface area contributed by atoms with Crippen molar-refractivity contribution in [3.8, 4) is 0 Å². The Morgan fingerprint density at radius 2 is 2.31 bits per heavy atom. The van der Waals surface area contributed by atoms with Crippen molar-refractivity contribution in [3.63, 3.8) is 0 Å². The minimum atomic E-state index is -2.83. The third kappa shape index (κ3) is 3.18. The van der Waals surface area contributed by atoms with Crippen molar-refractivity contribution >= 4 is 15.7 Å². The Hall–Kier alpha value is -0.840. The molecule has 0 saturated carbocycles. The van der Waals surface area contributed by atoms with Crippen molar-refractivity contribution < 1.29 is 13.2 Å². The van der Waals surface area contributed by atoms with E-state index in [9.17, 15) is 13.2 Å². The SMILES string of the molecule is C=CC(=O)NCC1CCS(=O)(=O)C1. The van der Waals surface area contributed by atoms with Gasteiger partial charge in [-0.3, -0.25) is 4.79 Å². The number of hydrogen-bond acceptors (Lipinski definition) is 3. The molecule has 0 spiro atoms. The molecule has 5 heteroatoms. The molecule has 1 saturated heterocycles. The fourth-order valence-corrected chi connectivity index (χ4v) is 3.21. The maximum atomic E-state index is 11.0. The minimum Gasteiger partial charge on any atom is -0.352 e. The van der Waals surface area contributed by atoms with E-state index in [1.165, 1.54) is 6.08 Å². The van der Waals surface area contributed by atoms with E-state index in [-0.39, 0.29) is 23.3 Å². The van der Waals surface area contributed by atoms with Gasteiger partial charge in [0.15, 0.2) is 9.84 Å². The highest BCUT2D eigenvalue weighted by atomic mass is 32.2. The number of carbonyl (C=O) groups excluding carboxylic acids is 1. The smallest absolute Gasteiger partial charge is 0.243 e. The molecule has 1 aliphatic heterocycles. The molecule has 1 unspecified atom stereocenters. The summed E-state index contributed by atoms with van der Waals surface area (Å²) in [5.74, 6) is 0.282. The topological polar surface area (TPSA) is 63.2 Å². The van der Waals surface area contributed by atoms with Gasteiger partial charge in [0.25, 0.3) is 0 Å². The zero-order valence-corrected chi connectivity index (χ0v) is 8.14. The standard InChI is InChI=1S/C8H13NO3S/c1-2-8(10)9-5-7-3-4-13(11,12)6-7/h2,7H,1,3-6H2,(H,9,10). The van der Waals surface area contributed by atoms with E-state index in [0.29, 0.717) is 13.0 Å². The van der Waals surface area contributed by atoms with Crippen molar-refractivity contribution in [2.24, 2.45) is 5.92 Å². The lowest BCUT2D eigenvalue weighted by Crippen LogP contribution is -2.28. The average Bonchev–Trinajstić information content (AvgIpc) is 2.41. The minimum absolute atomic E-state index is 0.0777. The largest absolute Gasteiger partial charge is 0.352 e. The van der Waals surface area contributed by atoms with Crippen molar-refractivity contribution in [2.75, 3.05) is 18.1 Å². The number of hydrogen-bond donors (Lipinski definition) is 1. The Morgan fingerprint density at radius 3 is 2.77 bits per heavy atom. The predicted molar refractivity (Wildman–Crippen MR) is 50.0 cm³/mol. The summed E-state index contributed by atoms with van der Waals surface area (Å²) in [6.45, 7) is 3.74. The molecule has 0 aromatic rings. The Labute approximate surface area is 77.9 Å². The van der Waals surface area contributed by atoms with Gasteiger partial charge in [-0.25, -0.2) is 8.42 Å². The third-order valence-electron chi connectivity index (χ3n) is 2.08. The molecule has 1 fully saturated rings. The zero-order valence-electron chi connectivity index (χ0n) is 7.32. The van der Waals surface area contributed by atoms with Gasteiger partial charge >= 0.3 is 0 Å². The molecule has 1 amide bonds. The molecule has 0 radical (unpaired) electrons. The first-order valence-corrected chi connectivity index (χ1v) is 5.96. The predicted octanol–water partition coefficient (Wildman–Crippen LogP) is -0.277. The average molecular weight is 203 g/mol. The summed E-state index contributed by atoms with van der Waals surface area (Å²) in [5.41, 5.74) is 0. The lowest BCUT2D eigenvalue weighted by Gasteiger charge is -2.06. The van der Waals surface area contributed by atoms with E-state index in [0.717, 1.165) is 0 Å². The lowest BCUT2D eigenvalue weighted by atomic mass is 10.1. The highest BCUT2D eigenvalue weighted by Crippen LogP contribution is 2.17. The highest BCUT2D eigenvalue weighted by molar-refractivity contribution is 7.91.